The highest BCUT2D eigenvalue weighted by molar-refractivity contribution is 8.00. The van der Waals surface area contributed by atoms with Crippen molar-refractivity contribution >= 4 is 29.0 Å². The van der Waals surface area contributed by atoms with E-state index >= 15 is 0 Å². The molecule has 2 unspecified atom stereocenters. The molecule has 4 heteroatoms. The molecule has 2 heterocycles. The fourth-order valence-electron chi connectivity index (χ4n) is 2.80. The number of carbonyl (C=O) groups excluding carboxylic acids is 1. The molecule has 2 N–H and O–H groups in total. The van der Waals surface area contributed by atoms with Crippen molar-refractivity contribution in [2.24, 2.45) is 0 Å². The number of rotatable bonds is 2. The van der Waals surface area contributed by atoms with E-state index in [9.17, 15) is 4.79 Å². The number of benzene rings is 1. The van der Waals surface area contributed by atoms with Gasteiger partial charge in [0.05, 0.1) is 0 Å². The zero-order valence-electron chi connectivity index (χ0n) is 11.2. The van der Waals surface area contributed by atoms with E-state index in [1.807, 2.05) is 6.07 Å². The maximum atomic E-state index is 11.3. The smallest absolute Gasteiger partial charge is 0.224 e. The van der Waals surface area contributed by atoms with Gasteiger partial charge in [0.2, 0.25) is 5.91 Å². The van der Waals surface area contributed by atoms with Gasteiger partial charge in [-0.1, -0.05) is 6.92 Å². The molecule has 2 aliphatic heterocycles. The molecule has 0 bridgehead atoms. The minimum absolute atomic E-state index is 0.130. The Labute approximate surface area is 118 Å². The third-order valence-electron chi connectivity index (χ3n) is 3.96. The molecule has 1 saturated heterocycles. The average molecular weight is 276 g/mol. The van der Waals surface area contributed by atoms with Gasteiger partial charge in [-0.05, 0) is 48.8 Å². The summed E-state index contributed by atoms with van der Waals surface area (Å²) in [7, 11) is 0. The lowest BCUT2D eigenvalue weighted by atomic mass is 10.0. The third-order valence-corrected chi connectivity index (χ3v) is 5.34. The SMILES string of the molecule is CC1SCCCC1Nc1ccc2c(c1)CCC(=O)N2. The number of fused-ring (bicyclic) bond motifs is 1. The Bertz CT molecular complexity index is 489. The number of carbonyl (C=O) groups is 1. The number of thioether (sulfide) groups is 1. The van der Waals surface area contributed by atoms with Gasteiger partial charge >= 0.3 is 0 Å². The molecule has 3 nitrogen and oxygen atoms in total. The molecule has 2 atom stereocenters. The Morgan fingerprint density at radius 3 is 3.11 bits per heavy atom. The van der Waals surface area contributed by atoms with Crippen molar-refractivity contribution in [2.45, 2.75) is 43.9 Å². The van der Waals surface area contributed by atoms with E-state index in [0.29, 0.717) is 17.7 Å². The summed E-state index contributed by atoms with van der Waals surface area (Å²) in [5, 5.41) is 7.26. The van der Waals surface area contributed by atoms with Gasteiger partial charge in [0, 0.05) is 29.1 Å². The van der Waals surface area contributed by atoms with Gasteiger partial charge in [0.1, 0.15) is 0 Å². The van der Waals surface area contributed by atoms with Gasteiger partial charge < -0.3 is 10.6 Å². The minimum atomic E-state index is 0.130. The lowest BCUT2D eigenvalue weighted by Gasteiger charge is -2.30. The molecule has 2 aliphatic rings. The largest absolute Gasteiger partial charge is 0.381 e. The van der Waals surface area contributed by atoms with Gasteiger partial charge in [0.15, 0.2) is 0 Å². The van der Waals surface area contributed by atoms with Gasteiger partial charge in [-0.3, -0.25) is 4.79 Å². The molecular formula is C15H20N2OS. The van der Waals surface area contributed by atoms with Crippen molar-refractivity contribution in [2.75, 3.05) is 16.4 Å². The third kappa shape index (κ3) is 2.89. The highest BCUT2D eigenvalue weighted by atomic mass is 32.2. The number of hydrogen-bond acceptors (Lipinski definition) is 3. The van der Waals surface area contributed by atoms with E-state index in [0.717, 1.165) is 12.1 Å². The fourth-order valence-corrected chi connectivity index (χ4v) is 3.94. The van der Waals surface area contributed by atoms with Crippen LogP contribution in [-0.2, 0) is 11.2 Å². The van der Waals surface area contributed by atoms with Crippen molar-refractivity contribution in [1.29, 1.82) is 0 Å². The quantitative estimate of drug-likeness (QED) is 0.871. The zero-order chi connectivity index (χ0) is 13.2. The number of aryl methyl sites for hydroxylation is 1. The second-order valence-corrected chi connectivity index (χ2v) is 6.87. The molecule has 19 heavy (non-hydrogen) atoms. The molecule has 1 aromatic carbocycles. The normalized spacial score (nSPS) is 26.5. The monoisotopic (exact) mass is 276 g/mol. The predicted octanol–water partition coefficient (Wildman–Crippen LogP) is 3.27. The summed E-state index contributed by atoms with van der Waals surface area (Å²) in [6, 6.07) is 6.86. The van der Waals surface area contributed by atoms with E-state index in [1.54, 1.807) is 0 Å². The van der Waals surface area contributed by atoms with Crippen molar-refractivity contribution in [1.82, 2.24) is 0 Å². The predicted molar refractivity (Wildman–Crippen MR) is 82.0 cm³/mol. The Balaban J connectivity index is 1.73. The lowest BCUT2D eigenvalue weighted by Crippen LogP contribution is -2.32. The van der Waals surface area contributed by atoms with E-state index in [1.165, 1.54) is 29.8 Å². The van der Waals surface area contributed by atoms with Crippen molar-refractivity contribution in [3.05, 3.63) is 23.8 Å². The van der Waals surface area contributed by atoms with Gasteiger partial charge in [-0.15, -0.1) is 0 Å². The molecule has 0 aliphatic carbocycles. The van der Waals surface area contributed by atoms with E-state index < -0.39 is 0 Å². The van der Waals surface area contributed by atoms with E-state index in [-0.39, 0.29) is 5.91 Å². The summed E-state index contributed by atoms with van der Waals surface area (Å²) in [4.78, 5) is 11.3. The molecule has 0 saturated carbocycles. The average Bonchev–Trinajstić information content (AvgIpc) is 2.41. The van der Waals surface area contributed by atoms with Crippen LogP contribution in [0, 0.1) is 0 Å². The Hall–Kier alpha value is -1.16. The van der Waals surface area contributed by atoms with E-state index in [2.05, 4.69) is 41.5 Å². The molecule has 0 radical (unpaired) electrons. The standard InChI is InChI=1S/C15H20N2OS/c1-10-13(3-2-8-19-10)16-12-5-6-14-11(9-12)4-7-15(18)17-14/h5-6,9-10,13,16H,2-4,7-8H2,1H3,(H,17,18). The second kappa shape index (κ2) is 5.45. The highest BCUT2D eigenvalue weighted by Crippen LogP contribution is 2.30. The number of hydrogen-bond donors (Lipinski definition) is 2. The maximum absolute atomic E-state index is 11.3. The number of nitrogens with one attached hydrogen (secondary N) is 2. The first-order valence-corrected chi connectivity index (χ1v) is 8.08. The van der Waals surface area contributed by atoms with Crippen LogP contribution in [0.15, 0.2) is 18.2 Å². The van der Waals surface area contributed by atoms with Crippen LogP contribution < -0.4 is 10.6 Å². The summed E-state index contributed by atoms with van der Waals surface area (Å²) >= 11 is 2.05. The molecule has 3 rings (SSSR count). The van der Waals surface area contributed by atoms with Crippen LogP contribution in [0.1, 0.15) is 31.7 Å². The molecular weight excluding hydrogens is 256 g/mol. The molecule has 102 valence electrons. The summed E-state index contributed by atoms with van der Waals surface area (Å²) < 4.78 is 0. The summed E-state index contributed by atoms with van der Waals surface area (Å²) in [6.45, 7) is 2.31. The van der Waals surface area contributed by atoms with Crippen molar-refractivity contribution < 1.29 is 4.79 Å². The number of anilines is 2. The minimum Gasteiger partial charge on any atom is -0.381 e. The summed E-state index contributed by atoms with van der Waals surface area (Å²) in [5.74, 6) is 1.42. The molecule has 1 amide bonds. The first-order valence-electron chi connectivity index (χ1n) is 7.03. The number of amides is 1. The van der Waals surface area contributed by atoms with E-state index in [4.69, 9.17) is 0 Å². The Morgan fingerprint density at radius 1 is 1.37 bits per heavy atom. The second-order valence-electron chi connectivity index (χ2n) is 5.39. The van der Waals surface area contributed by atoms with Crippen molar-refractivity contribution in [3.63, 3.8) is 0 Å². The molecule has 0 spiro atoms. The van der Waals surface area contributed by atoms with Gasteiger partial charge in [0.25, 0.3) is 0 Å². The summed E-state index contributed by atoms with van der Waals surface area (Å²) in [6.07, 6.45) is 4.01. The Kier molecular flexibility index (Phi) is 3.69. The van der Waals surface area contributed by atoms with Crippen molar-refractivity contribution in [3.8, 4) is 0 Å². The summed E-state index contributed by atoms with van der Waals surface area (Å²) in [5.41, 5.74) is 3.42. The zero-order valence-corrected chi connectivity index (χ0v) is 12.1. The van der Waals surface area contributed by atoms with Crippen LogP contribution in [0.5, 0.6) is 0 Å². The molecule has 0 aromatic heterocycles. The van der Waals surface area contributed by atoms with Crippen LogP contribution in [0.25, 0.3) is 0 Å². The molecule has 1 aromatic rings. The lowest BCUT2D eigenvalue weighted by molar-refractivity contribution is -0.116. The van der Waals surface area contributed by atoms with Crippen LogP contribution in [0.4, 0.5) is 11.4 Å². The first-order chi connectivity index (χ1) is 9.22. The van der Waals surface area contributed by atoms with Crippen LogP contribution in [0.3, 0.4) is 0 Å². The molecule has 1 fully saturated rings. The highest BCUT2D eigenvalue weighted by Gasteiger charge is 2.22. The van der Waals surface area contributed by atoms with Crippen LogP contribution >= 0.6 is 11.8 Å². The maximum Gasteiger partial charge on any atom is 0.224 e. The van der Waals surface area contributed by atoms with Gasteiger partial charge in [-0.2, -0.15) is 11.8 Å². The Morgan fingerprint density at radius 2 is 2.26 bits per heavy atom. The van der Waals surface area contributed by atoms with Gasteiger partial charge in [-0.25, -0.2) is 0 Å². The topological polar surface area (TPSA) is 41.1 Å². The van der Waals surface area contributed by atoms with Crippen LogP contribution in [-0.4, -0.2) is 23.0 Å². The van der Waals surface area contributed by atoms with Crippen LogP contribution in [0.2, 0.25) is 0 Å². The fraction of sp³-hybridized carbons (Fsp3) is 0.533. The first kappa shape index (κ1) is 12.9.